The Bertz CT molecular complexity index is 822. The zero-order valence-corrected chi connectivity index (χ0v) is 13.5. The zero-order chi connectivity index (χ0) is 18.4. The van der Waals surface area contributed by atoms with E-state index in [4.69, 9.17) is 0 Å². The van der Waals surface area contributed by atoms with Crippen molar-refractivity contribution >= 4 is 29.3 Å². The van der Waals surface area contributed by atoms with E-state index in [0.717, 1.165) is 0 Å². The fourth-order valence-electron chi connectivity index (χ4n) is 2.02. The molecule has 0 aliphatic carbocycles. The first-order chi connectivity index (χ1) is 12.0. The van der Waals surface area contributed by atoms with E-state index in [1.165, 1.54) is 50.6 Å². The van der Waals surface area contributed by atoms with Crippen molar-refractivity contribution in [3.63, 3.8) is 0 Å². The third-order valence-electron chi connectivity index (χ3n) is 3.22. The first kappa shape index (κ1) is 17.9. The molecule has 0 bridgehead atoms. The summed E-state index contributed by atoms with van der Waals surface area (Å²) in [5, 5.41) is 4.71. The fourth-order valence-corrected chi connectivity index (χ4v) is 2.02. The van der Waals surface area contributed by atoms with Gasteiger partial charge in [-0.05, 0) is 30.3 Å². The van der Waals surface area contributed by atoms with Crippen LogP contribution in [0.25, 0.3) is 0 Å². The summed E-state index contributed by atoms with van der Waals surface area (Å²) in [4.78, 5) is 35.5. The van der Waals surface area contributed by atoms with Crippen LogP contribution in [0.4, 0.5) is 20.6 Å². The normalized spacial score (nSPS) is 9.88. The fraction of sp³-hybridized carbons (Fsp3) is 0.118. The Balaban J connectivity index is 2.29. The van der Waals surface area contributed by atoms with Crippen molar-refractivity contribution in [3.05, 3.63) is 59.4 Å². The summed E-state index contributed by atoms with van der Waals surface area (Å²) in [5.41, 5.74) is 0.127. The molecule has 2 N–H and O–H groups in total. The third kappa shape index (κ3) is 4.31. The molecule has 0 aliphatic rings. The number of rotatable bonds is 4. The molecule has 0 spiro atoms. The minimum atomic E-state index is -0.794. The maximum atomic E-state index is 13.6. The Kier molecular flexibility index (Phi) is 5.67. The molecule has 0 aliphatic heterocycles. The molecular weight excluding hydrogens is 331 g/mol. The summed E-state index contributed by atoms with van der Waals surface area (Å²) in [6.07, 6.45) is 0. The molecule has 2 amide bonds. The van der Waals surface area contributed by atoms with Crippen LogP contribution in [0, 0.1) is 5.82 Å². The average Bonchev–Trinajstić information content (AvgIpc) is 2.62. The highest BCUT2D eigenvalue weighted by molar-refractivity contribution is 6.06. The van der Waals surface area contributed by atoms with E-state index in [9.17, 15) is 18.8 Å². The maximum absolute atomic E-state index is 13.6. The summed E-state index contributed by atoms with van der Waals surface area (Å²) < 4.78 is 22.8. The number of para-hydroxylation sites is 1. The standard InChI is InChI=1S/C17H15FN2O5/c1-24-15(21)10-7-8-11(16(22)25-2)14(9-10)20-17(23)19-13-6-4-3-5-12(13)18/h3-9H,1-2H3,(H2,19,20,23). The molecule has 2 aromatic rings. The topological polar surface area (TPSA) is 93.7 Å². The maximum Gasteiger partial charge on any atom is 0.339 e. The van der Waals surface area contributed by atoms with Crippen molar-refractivity contribution in [2.24, 2.45) is 0 Å². The van der Waals surface area contributed by atoms with Gasteiger partial charge in [0, 0.05) is 0 Å². The van der Waals surface area contributed by atoms with Crippen molar-refractivity contribution in [2.75, 3.05) is 24.9 Å². The number of esters is 2. The van der Waals surface area contributed by atoms with Crippen LogP contribution in [0.1, 0.15) is 20.7 Å². The summed E-state index contributed by atoms with van der Waals surface area (Å²) in [6, 6.07) is 8.74. The number of carbonyl (C=O) groups excluding carboxylic acids is 3. The van der Waals surface area contributed by atoms with E-state index in [2.05, 4.69) is 20.1 Å². The number of ether oxygens (including phenoxy) is 2. The molecule has 2 aromatic carbocycles. The van der Waals surface area contributed by atoms with E-state index >= 15 is 0 Å². The van der Waals surface area contributed by atoms with Gasteiger partial charge in [0.05, 0.1) is 36.7 Å². The van der Waals surface area contributed by atoms with E-state index in [-0.39, 0.29) is 22.5 Å². The molecule has 130 valence electrons. The van der Waals surface area contributed by atoms with Crippen LogP contribution >= 0.6 is 0 Å². The third-order valence-corrected chi connectivity index (χ3v) is 3.22. The van der Waals surface area contributed by atoms with Crippen LogP contribution in [0.15, 0.2) is 42.5 Å². The smallest absolute Gasteiger partial charge is 0.339 e. The predicted octanol–water partition coefficient (Wildman–Crippen LogP) is 3.04. The Hall–Kier alpha value is -3.42. The number of methoxy groups -OCH3 is 2. The molecule has 8 heteroatoms. The number of hydrogen-bond donors (Lipinski definition) is 2. The second-order valence-corrected chi connectivity index (χ2v) is 4.80. The molecular formula is C17H15FN2O5. The highest BCUT2D eigenvalue weighted by atomic mass is 19.1. The van der Waals surface area contributed by atoms with Crippen molar-refractivity contribution < 1.29 is 28.2 Å². The molecule has 0 heterocycles. The number of nitrogens with one attached hydrogen (secondary N) is 2. The quantitative estimate of drug-likeness (QED) is 0.830. The van der Waals surface area contributed by atoms with Crippen LogP contribution in [-0.4, -0.2) is 32.2 Å². The van der Waals surface area contributed by atoms with Crippen LogP contribution < -0.4 is 10.6 Å². The van der Waals surface area contributed by atoms with Gasteiger partial charge in [0.1, 0.15) is 5.82 Å². The highest BCUT2D eigenvalue weighted by Crippen LogP contribution is 2.20. The van der Waals surface area contributed by atoms with Gasteiger partial charge < -0.3 is 20.1 Å². The highest BCUT2D eigenvalue weighted by Gasteiger charge is 2.17. The number of halogens is 1. The second kappa shape index (κ2) is 7.91. The summed E-state index contributed by atoms with van der Waals surface area (Å²) in [7, 11) is 2.38. The van der Waals surface area contributed by atoms with Crippen LogP contribution in [0.5, 0.6) is 0 Å². The second-order valence-electron chi connectivity index (χ2n) is 4.80. The van der Waals surface area contributed by atoms with Gasteiger partial charge in [-0.25, -0.2) is 18.8 Å². The Morgan fingerprint density at radius 1 is 0.880 bits per heavy atom. The number of benzene rings is 2. The number of hydrogen-bond acceptors (Lipinski definition) is 5. The number of anilines is 2. The molecule has 0 radical (unpaired) electrons. The SMILES string of the molecule is COC(=O)c1ccc(C(=O)OC)c(NC(=O)Nc2ccccc2F)c1. The van der Waals surface area contributed by atoms with E-state index in [1.807, 2.05) is 0 Å². The molecule has 0 aromatic heterocycles. The molecule has 7 nitrogen and oxygen atoms in total. The van der Waals surface area contributed by atoms with Gasteiger partial charge in [0.2, 0.25) is 0 Å². The van der Waals surface area contributed by atoms with Gasteiger partial charge in [0.25, 0.3) is 0 Å². The van der Waals surface area contributed by atoms with Crippen molar-refractivity contribution in [2.45, 2.75) is 0 Å². The minimum Gasteiger partial charge on any atom is -0.465 e. The summed E-state index contributed by atoms with van der Waals surface area (Å²) >= 11 is 0. The summed E-state index contributed by atoms with van der Waals surface area (Å²) in [6.45, 7) is 0. The molecule has 25 heavy (non-hydrogen) atoms. The van der Waals surface area contributed by atoms with Gasteiger partial charge in [-0.1, -0.05) is 12.1 Å². The molecule has 0 atom stereocenters. The van der Waals surface area contributed by atoms with Gasteiger partial charge in [-0.15, -0.1) is 0 Å². The lowest BCUT2D eigenvalue weighted by Crippen LogP contribution is -2.22. The van der Waals surface area contributed by atoms with Gasteiger partial charge in [0.15, 0.2) is 0 Å². The molecule has 0 saturated heterocycles. The Labute approximate surface area is 142 Å². The molecule has 0 fully saturated rings. The van der Waals surface area contributed by atoms with Gasteiger partial charge >= 0.3 is 18.0 Å². The first-order valence-corrected chi connectivity index (χ1v) is 7.09. The molecule has 0 unspecified atom stereocenters. The van der Waals surface area contributed by atoms with E-state index in [1.54, 1.807) is 6.07 Å². The molecule has 2 rings (SSSR count). The van der Waals surface area contributed by atoms with Gasteiger partial charge in [-0.3, -0.25) is 0 Å². The van der Waals surface area contributed by atoms with Crippen molar-refractivity contribution in [1.82, 2.24) is 0 Å². The largest absolute Gasteiger partial charge is 0.465 e. The average molecular weight is 346 g/mol. The van der Waals surface area contributed by atoms with Crippen LogP contribution in [0.3, 0.4) is 0 Å². The first-order valence-electron chi connectivity index (χ1n) is 7.09. The Morgan fingerprint density at radius 2 is 1.52 bits per heavy atom. The zero-order valence-electron chi connectivity index (χ0n) is 13.5. The number of amides is 2. The monoisotopic (exact) mass is 346 g/mol. The lowest BCUT2D eigenvalue weighted by molar-refractivity contribution is 0.0587. The minimum absolute atomic E-state index is 0.0172. The van der Waals surface area contributed by atoms with E-state index in [0.29, 0.717) is 0 Å². The number of carbonyl (C=O) groups is 3. The predicted molar refractivity (Wildman–Crippen MR) is 88.2 cm³/mol. The van der Waals surface area contributed by atoms with Crippen LogP contribution in [-0.2, 0) is 9.47 Å². The lowest BCUT2D eigenvalue weighted by Gasteiger charge is -2.12. The number of urea groups is 1. The van der Waals surface area contributed by atoms with Gasteiger partial charge in [-0.2, -0.15) is 0 Å². The van der Waals surface area contributed by atoms with E-state index < -0.39 is 23.8 Å². The lowest BCUT2D eigenvalue weighted by atomic mass is 10.1. The molecule has 0 saturated carbocycles. The van der Waals surface area contributed by atoms with Crippen molar-refractivity contribution in [3.8, 4) is 0 Å². The summed E-state index contributed by atoms with van der Waals surface area (Å²) in [5.74, 6) is -1.97. The Morgan fingerprint density at radius 3 is 2.16 bits per heavy atom. The van der Waals surface area contributed by atoms with Crippen molar-refractivity contribution in [1.29, 1.82) is 0 Å². The van der Waals surface area contributed by atoms with Crippen LogP contribution in [0.2, 0.25) is 0 Å².